The Hall–Kier alpha value is -2.29. The number of rotatable bonds is 5. The molecule has 0 radical (unpaired) electrons. The van der Waals surface area contributed by atoms with Gasteiger partial charge >= 0.3 is 0 Å². The fourth-order valence-electron chi connectivity index (χ4n) is 2.19. The summed E-state index contributed by atoms with van der Waals surface area (Å²) >= 11 is 0. The topological polar surface area (TPSA) is 27.1 Å². The Labute approximate surface area is 112 Å². The van der Waals surface area contributed by atoms with Gasteiger partial charge in [0, 0.05) is 24.5 Å². The number of para-hydroxylation sites is 1. The standard InChI is InChI=1S/C16H16N2O/c1-2-7-16-14(5-1)8-11-18(16)10-4-12-19-15-6-3-9-17-13-15/h1-3,5-9,11,13H,4,10,12H2. The quantitative estimate of drug-likeness (QED) is 0.650. The molecule has 0 atom stereocenters. The lowest BCUT2D eigenvalue weighted by molar-refractivity contribution is 0.301. The van der Waals surface area contributed by atoms with Crippen molar-refractivity contribution < 1.29 is 4.74 Å². The molecule has 3 aromatic rings. The van der Waals surface area contributed by atoms with Gasteiger partial charge in [0.2, 0.25) is 0 Å². The number of aromatic nitrogens is 2. The molecular weight excluding hydrogens is 236 g/mol. The fraction of sp³-hybridized carbons (Fsp3) is 0.188. The minimum atomic E-state index is 0.707. The molecule has 1 aromatic carbocycles. The van der Waals surface area contributed by atoms with Crippen molar-refractivity contribution in [1.82, 2.24) is 9.55 Å². The van der Waals surface area contributed by atoms with E-state index in [1.54, 1.807) is 12.4 Å². The van der Waals surface area contributed by atoms with E-state index in [2.05, 4.69) is 46.1 Å². The van der Waals surface area contributed by atoms with E-state index in [-0.39, 0.29) is 0 Å². The molecule has 2 aromatic heterocycles. The average molecular weight is 252 g/mol. The van der Waals surface area contributed by atoms with Gasteiger partial charge in [-0.15, -0.1) is 0 Å². The minimum Gasteiger partial charge on any atom is -0.492 e. The molecule has 3 nitrogen and oxygen atoms in total. The summed E-state index contributed by atoms with van der Waals surface area (Å²) in [4.78, 5) is 4.02. The number of aryl methyl sites for hydroxylation is 1. The van der Waals surface area contributed by atoms with Crippen LogP contribution in [0.3, 0.4) is 0 Å². The highest BCUT2D eigenvalue weighted by Crippen LogP contribution is 2.15. The zero-order chi connectivity index (χ0) is 12.9. The van der Waals surface area contributed by atoms with E-state index >= 15 is 0 Å². The first-order valence-corrected chi connectivity index (χ1v) is 6.50. The van der Waals surface area contributed by atoms with Gasteiger partial charge in [0.15, 0.2) is 0 Å². The first kappa shape index (κ1) is 11.8. The summed E-state index contributed by atoms with van der Waals surface area (Å²) in [6.07, 6.45) is 6.60. The molecule has 0 N–H and O–H groups in total. The number of hydrogen-bond acceptors (Lipinski definition) is 2. The second-order valence-corrected chi connectivity index (χ2v) is 4.46. The van der Waals surface area contributed by atoms with E-state index in [9.17, 15) is 0 Å². The maximum absolute atomic E-state index is 5.64. The van der Waals surface area contributed by atoms with E-state index in [1.165, 1.54) is 10.9 Å². The molecule has 0 spiro atoms. The van der Waals surface area contributed by atoms with Crippen molar-refractivity contribution in [3.05, 3.63) is 61.1 Å². The molecule has 0 fully saturated rings. The highest BCUT2D eigenvalue weighted by molar-refractivity contribution is 5.79. The second-order valence-electron chi connectivity index (χ2n) is 4.46. The van der Waals surface area contributed by atoms with E-state index in [4.69, 9.17) is 4.74 Å². The van der Waals surface area contributed by atoms with Gasteiger partial charge in [-0.2, -0.15) is 0 Å². The van der Waals surface area contributed by atoms with Crippen LogP contribution in [0.15, 0.2) is 61.1 Å². The number of ether oxygens (including phenoxy) is 1. The Bertz CT molecular complexity index is 646. The molecule has 0 aliphatic carbocycles. The molecule has 0 aliphatic rings. The zero-order valence-corrected chi connectivity index (χ0v) is 10.7. The molecule has 2 heterocycles. The first-order chi connectivity index (χ1) is 9.43. The molecule has 0 bridgehead atoms. The van der Waals surface area contributed by atoms with Crippen LogP contribution in [0.5, 0.6) is 5.75 Å². The van der Waals surface area contributed by atoms with Crippen molar-refractivity contribution in [3.8, 4) is 5.75 Å². The van der Waals surface area contributed by atoms with Crippen molar-refractivity contribution in [2.24, 2.45) is 0 Å². The minimum absolute atomic E-state index is 0.707. The van der Waals surface area contributed by atoms with Gasteiger partial charge in [-0.1, -0.05) is 18.2 Å². The first-order valence-electron chi connectivity index (χ1n) is 6.50. The Balaban J connectivity index is 1.55. The monoisotopic (exact) mass is 252 g/mol. The molecule has 19 heavy (non-hydrogen) atoms. The Morgan fingerprint density at radius 2 is 2.00 bits per heavy atom. The van der Waals surface area contributed by atoms with Crippen LogP contribution in [-0.2, 0) is 6.54 Å². The van der Waals surface area contributed by atoms with Crippen molar-refractivity contribution in [2.45, 2.75) is 13.0 Å². The number of pyridine rings is 1. The van der Waals surface area contributed by atoms with Gasteiger partial charge in [-0.25, -0.2) is 0 Å². The summed E-state index contributed by atoms with van der Waals surface area (Å²) in [7, 11) is 0. The van der Waals surface area contributed by atoms with E-state index in [0.717, 1.165) is 18.7 Å². The summed E-state index contributed by atoms with van der Waals surface area (Å²) in [5.41, 5.74) is 1.28. The van der Waals surface area contributed by atoms with Crippen LogP contribution in [-0.4, -0.2) is 16.2 Å². The lowest BCUT2D eigenvalue weighted by Gasteiger charge is -2.07. The lowest BCUT2D eigenvalue weighted by atomic mass is 10.2. The third kappa shape index (κ3) is 2.76. The number of fused-ring (bicyclic) bond motifs is 1. The summed E-state index contributed by atoms with van der Waals surface area (Å²) in [6.45, 7) is 1.67. The molecule has 0 aliphatic heterocycles. The maximum atomic E-state index is 5.64. The smallest absolute Gasteiger partial charge is 0.137 e. The normalized spacial score (nSPS) is 10.7. The van der Waals surface area contributed by atoms with Crippen molar-refractivity contribution in [2.75, 3.05) is 6.61 Å². The van der Waals surface area contributed by atoms with E-state index in [0.29, 0.717) is 6.61 Å². The van der Waals surface area contributed by atoms with Crippen LogP contribution in [0, 0.1) is 0 Å². The van der Waals surface area contributed by atoms with Gasteiger partial charge in [-0.05, 0) is 36.1 Å². The fourth-order valence-corrected chi connectivity index (χ4v) is 2.19. The maximum Gasteiger partial charge on any atom is 0.137 e. The zero-order valence-electron chi connectivity index (χ0n) is 10.7. The van der Waals surface area contributed by atoms with Gasteiger partial charge in [0.1, 0.15) is 5.75 Å². The molecule has 3 rings (SSSR count). The molecule has 96 valence electrons. The van der Waals surface area contributed by atoms with Crippen LogP contribution in [0.1, 0.15) is 6.42 Å². The number of nitrogens with zero attached hydrogens (tertiary/aromatic N) is 2. The number of benzene rings is 1. The van der Waals surface area contributed by atoms with E-state index in [1.807, 2.05) is 12.1 Å². The lowest BCUT2D eigenvalue weighted by Crippen LogP contribution is -2.03. The van der Waals surface area contributed by atoms with Crippen molar-refractivity contribution in [1.29, 1.82) is 0 Å². The highest BCUT2D eigenvalue weighted by atomic mass is 16.5. The molecule has 0 amide bonds. The van der Waals surface area contributed by atoms with E-state index < -0.39 is 0 Å². The molecule has 0 saturated carbocycles. The SMILES string of the molecule is c1cncc(OCCCn2ccc3ccccc32)c1. The van der Waals surface area contributed by atoms with Crippen molar-refractivity contribution in [3.63, 3.8) is 0 Å². The molecule has 3 heteroatoms. The Morgan fingerprint density at radius 1 is 1.05 bits per heavy atom. The predicted molar refractivity (Wildman–Crippen MR) is 76.3 cm³/mol. The van der Waals surface area contributed by atoms with Crippen LogP contribution in [0.25, 0.3) is 10.9 Å². The van der Waals surface area contributed by atoms with Crippen LogP contribution < -0.4 is 4.74 Å². The van der Waals surface area contributed by atoms with Crippen LogP contribution in [0.2, 0.25) is 0 Å². The predicted octanol–water partition coefficient (Wildman–Crippen LogP) is 3.51. The van der Waals surface area contributed by atoms with Crippen LogP contribution in [0.4, 0.5) is 0 Å². The van der Waals surface area contributed by atoms with Gasteiger partial charge in [0.25, 0.3) is 0 Å². The third-order valence-corrected chi connectivity index (χ3v) is 3.13. The van der Waals surface area contributed by atoms with Crippen LogP contribution >= 0.6 is 0 Å². The summed E-state index contributed by atoms with van der Waals surface area (Å²) in [6, 6.07) is 14.4. The Kier molecular flexibility index (Phi) is 3.45. The molecular formula is C16H16N2O. The van der Waals surface area contributed by atoms with Gasteiger partial charge in [0.05, 0.1) is 12.8 Å². The van der Waals surface area contributed by atoms with Gasteiger partial charge < -0.3 is 9.30 Å². The second kappa shape index (κ2) is 5.57. The third-order valence-electron chi connectivity index (χ3n) is 3.13. The summed E-state index contributed by atoms with van der Waals surface area (Å²) < 4.78 is 7.91. The summed E-state index contributed by atoms with van der Waals surface area (Å²) in [5, 5.41) is 1.29. The molecule has 0 saturated heterocycles. The summed E-state index contributed by atoms with van der Waals surface area (Å²) in [5.74, 6) is 0.833. The number of hydrogen-bond donors (Lipinski definition) is 0. The average Bonchev–Trinajstić information content (AvgIpc) is 2.88. The largest absolute Gasteiger partial charge is 0.492 e. The van der Waals surface area contributed by atoms with Crippen molar-refractivity contribution >= 4 is 10.9 Å². The molecule has 0 unspecified atom stereocenters. The van der Waals surface area contributed by atoms with Gasteiger partial charge in [-0.3, -0.25) is 4.98 Å². The Morgan fingerprint density at radius 3 is 2.89 bits per heavy atom. The highest BCUT2D eigenvalue weighted by Gasteiger charge is 1.99.